The molecule has 0 radical (unpaired) electrons. The fourth-order valence-corrected chi connectivity index (χ4v) is 6.00. The van der Waals surface area contributed by atoms with Crippen LogP contribution < -0.4 is 9.64 Å². The van der Waals surface area contributed by atoms with Crippen LogP contribution in [0.25, 0.3) is 38.6 Å². The van der Waals surface area contributed by atoms with Crippen LogP contribution in [0.2, 0.25) is 0 Å². The highest BCUT2D eigenvalue weighted by Gasteiger charge is 2.21. The Labute approximate surface area is 251 Å². The maximum absolute atomic E-state index is 9.37. The van der Waals surface area contributed by atoms with Crippen LogP contribution in [0.3, 0.4) is 0 Å². The van der Waals surface area contributed by atoms with Crippen molar-refractivity contribution in [2.45, 2.75) is 6.92 Å². The molecule has 0 saturated carbocycles. The summed E-state index contributed by atoms with van der Waals surface area (Å²) in [6.45, 7) is 2.15. The number of rotatable bonds is 6. The molecule has 206 valence electrons. The first-order valence-electron chi connectivity index (χ1n) is 14.3. The fraction of sp³-hybridized carbons (Fsp3) is 0.0513. The number of fused-ring (bicyclic) bond motifs is 3. The molecule has 7 aromatic rings. The Morgan fingerprint density at radius 3 is 2.00 bits per heavy atom. The molecule has 4 nitrogen and oxygen atoms in total. The minimum atomic E-state index is 0.644. The van der Waals surface area contributed by atoms with Gasteiger partial charge in [-0.1, -0.05) is 60.7 Å². The molecule has 0 aliphatic heterocycles. The number of aromatic nitrogens is 1. The van der Waals surface area contributed by atoms with Crippen LogP contribution in [-0.2, 0) is 0 Å². The number of nitriles is 1. The summed E-state index contributed by atoms with van der Waals surface area (Å²) in [6.07, 6.45) is 0. The van der Waals surface area contributed by atoms with E-state index in [2.05, 4.69) is 126 Å². The molecule has 0 aliphatic carbocycles. The molecule has 0 amide bonds. The van der Waals surface area contributed by atoms with E-state index >= 15 is 0 Å². The van der Waals surface area contributed by atoms with Gasteiger partial charge in [0.25, 0.3) is 0 Å². The maximum atomic E-state index is 9.37. The van der Waals surface area contributed by atoms with Crippen molar-refractivity contribution in [1.29, 1.82) is 5.26 Å². The Kier molecular flexibility index (Phi) is 6.62. The lowest BCUT2D eigenvalue weighted by Gasteiger charge is -2.27. The van der Waals surface area contributed by atoms with E-state index in [9.17, 15) is 5.26 Å². The van der Waals surface area contributed by atoms with Crippen molar-refractivity contribution < 1.29 is 4.74 Å². The average Bonchev–Trinajstić information content (AvgIpc) is 3.41. The second kappa shape index (κ2) is 10.9. The van der Waals surface area contributed by atoms with Gasteiger partial charge in [0.2, 0.25) is 0 Å². The molecular formula is C39H29N3O. The van der Waals surface area contributed by atoms with Crippen LogP contribution in [0.15, 0.2) is 140 Å². The predicted octanol–water partition coefficient (Wildman–Crippen LogP) is 10.1. The van der Waals surface area contributed by atoms with Crippen molar-refractivity contribution in [2.75, 3.05) is 12.0 Å². The average molecular weight is 556 g/mol. The van der Waals surface area contributed by atoms with Crippen LogP contribution in [0.1, 0.15) is 11.1 Å². The zero-order valence-electron chi connectivity index (χ0n) is 24.0. The topological polar surface area (TPSA) is 41.2 Å². The lowest BCUT2D eigenvalue weighted by Crippen LogP contribution is -2.10. The third-order valence-corrected chi connectivity index (χ3v) is 8.08. The van der Waals surface area contributed by atoms with E-state index in [1.807, 2.05) is 36.4 Å². The number of anilines is 3. The Morgan fingerprint density at radius 1 is 0.651 bits per heavy atom. The largest absolute Gasteiger partial charge is 0.497 e. The SMILES string of the molecule is COc1ccc(N(c2ccc(-c3ccccc3C)cc2)c2cccc3c2c2ccccc2n3-c2ccc(C#N)cc2)cc1. The summed E-state index contributed by atoms with van der Waals surface area (Å²) in [7, 11) is 1.69. The zero-order chi connectivity index (χ0) is 29.3. The number of hydrogen-bond donors (Lipinski definition) is 0. The Hall–Kier alpha value is -5.79. The monoisotopic (exact) mass is 555 g/mol. The van der Waals surface area contributed by atoms with Gasteiger partial charge in [0.15, 0.2) is 0 Å². The quantitative estimate of drug-likeness (QED) is 0.205. The van der Waals surface area contributed by atoms with Gasteiger partial charge in [0.1, 0.15) is 5.75 Å². The van der Waals surface area contributed by atoms with Gasteiger partial charge in [-0.15, -0.1) is 0 Å². The lowest BCUT2D eigenvalue weighted by molar-refractivity contribution is 0.415. The van der Waals surface area contributed by atoms with Gasteiger partial charge in [-0.25, -0.2) is 0 Å². The summed E-state index contributed by atoms with van der Waals surface area (Å²) >= 11 is 0. The number of methoxy groups -OCH3 is 1. The highest BCUT2D eigenvalue weighted by molar-refractivity contribution is 6.16. The van der Waals surface area contributed by atoms with E-state index in [1.54, 1.807) is 7.11 Å². The second-order valence-corrected chi connectivity index (χ2v) is 10.6. The summed E-state index contributed by atoms with van der Waals surface area (Å²) in [5.41, 5.74) is 10.7. The summed E-state index contributed by atoms with van der Waals surface area (Å²) in [6, 6.07) is 50.5. The number of aryl methyl sites for hydroxylation is 1. The third-order valence-electron chi connectivity index (χ3n) is 8.08. The van der Waals surface area contributed by atoms with Crippen molar-refractivity contribution >= 4 is 38.9 Å². The number of para-hydroxylation sites is 1. The van der Waals surface area contributed by atoms with E-state index in [0.29, 0.717) is 5.56 Å². The molecule has 0 saturated heterocycles. The normalized spacial score (nSPS) is 11.0. The van der Waals surface area contributed by atoms with Gasteiger partial charge >= 0.3 is 0 Å². The smallest absolute Gasteiger partial charge is 0.119 e. The van der Waals surface area contributed by atoms with E-state index in [-0.39, 0.29) is 0 Å². The number of nitrogens with zero attached hydrogens (tertiary/aromatic N) is 3. The van der Waals surface area contributed by atoms with Gasteiger partial charge < -0.3 is 14.2 Å². The standard InChI is InChI=1S/C39H29N3O/c1-27-8-3-4-9-34(27)29-16-20-30(21-17-29)41(31-22-24-33(43-2)25-23-31)37-12-7-13-38-39(37)35-10-5-6-11-36(35)42(38)32-18-14-28(26-40)15-19-32/h3-25H,1-2H3. The van der Waals surface area contributed by atoms with Crippen molar-refractivity contribution in [1.82, 2.24) is 4.57 Å². The fourth-order valence-electron chi connectivity index (χ4n) is 6.00. The molecule has 1 heterocycles. The van der Waals surface area contributed by atoms with Crippen LogP contribution in [0.5, 0.6) is 5.75 Å². The van der Waals surface area contributed by atoms with Gasteiger partial charge in [-0.3, -0.25) is 0 Å². The van der Waals surface area contributed by atoms with Gasteiger partial charge in [-0.2, -0.15) is 5.26 Å². The summed E-state index contributed by atoms with van der Waals surface area (Å²) in [4.78, 5) is 2.32. The minimum Gasteiger partial charge on any atom is -0.497 e. The molecule has 0 spiro atoms. The Bertz CT molecular complexity index is 2120. The Morgan fingerprint density at radius 2 is 1.30 bits per heavy atom. The number of hydrogen-bond acceptors (Lipinski definition) is 3. The summed E-state index contributed by atoms with van der Waals surface area (Å²) in [5, 5.41) is 11.7. The maximum Gasteiger partial charge on any atom is 0.119 e. The Balaban J connectivity index is 1.47. The van der Waals surface area contributed by atoms with Crippen molar-refractivity contribution in [3.8, 4) is 28.6 Å². The van der Waals surface area contributed by atoms with E-state index in [1.165, 1.54) is 16.7 Å². The molecular weight excluding hydrogens is 526 g/mol. The van der Waals surface area contributed by atoms with E-state index in [4.69, 9.17) is 4.74 Å². The molecule has 6 aromatic carbocycles. The van der Waals surface area contributed by atoms with Gasteiger partial charge in [0, 0.05) is 27.8 Å². The van der Waals surface area contributed by atoms with Crippen molar-refractivity contribution in [3.63, 3.8) is 0 Å². The summed E-state index contributed by atoms with van der Waals surface area (Å²) < 4.78 is 7.77. The lowest BCUT2D eigenvalue weighted by atomic mass is 10.00. The number of benzene rings is 6. The third kappa shape index (κ3) is 4.58. The van der Waals surface area contributed by atoms with Crippen LogP contribution in [-0.4, -0.2) is 11.7 Å². The zero-order valence-corrected chi connectivity index (χ0v) is 24.0. The highest BCUT2D eigenvalue weighted by atomic mass is 16.5. The molecule has 7 rings (SSSR count). The molecule has 0 aliphatic rings. The van der Waals surface area contributed by atoms with E-state index < -0.39 is 0 Å². The minimum absolute atomic E-state index is 0.644. The van der Waals surface area contributed by atoms with Crippen molar-refractivity contribution in [2.24, 2.45) is 0 Å². The van der Waals surface area contributed by atoms with Gasteiger partial charge in [-0.05, 0) is 102 Å². The first kappa shape index (κ1) is 26.1. The van der Waals surface area contributed by atoms with E-state index in [0.717, 1.165) is 50.3 Å². The van der Waals surface area contributed by atoms with Gasteiger partial charge in [0.05, 0.1) is 35.5 Å². The second-order valence-electron chi connectivity index (χ2n) is 10.6. The summed E-state index contributed by atoms with van der Waals surface area (Å²) in [5.74, 6) is 0.814. The molecule has 43 heavy (non-hydrogen) atoms. The molecule has 0 unspecified atom stereocenters. The molecule has 1 aromatic heterocycles. The molecule has 4 heteroatoms. The first-order chi connectivity index (χ1) is 21.2. The van der Waals surface area contributed by atoms with Crippen LogP contribution in [0, 0.1) is 18.3 Å². The predicted molar refractivity (Wildman–Crippen MR) is 177 cm³/mol. The molecule has 0 fully saturated rings. The van der Waals surface area contributed by atoms with Crippen LogP contribution >= 0.6 is 0 Å². The van der Waals surface area contributed by atoms with Crippen LogP contribution in [0.4, 0.5) is 17.1 Å². The molecule has 0 bridgehead atoms. The highest BCUT2D eigenvalue weighted by Crippen LogP contribution is 2.44. The molecule has 0 N–H and O–H groups in total. The molecule has 0 atom stereocenters. The number of ether oxygens (including phenoxy) is 1. The first-order valence-corrected chi connectivity index (χ1v) is 14.3. The van der Waals surface area contributed by atoms with Crippen molar-refractivity contribution in [3.05, 3.63) is 151 Å².